The summed E-state index contributed by atoms with van der Waals surface area (Å²) in [4.78, 5) is 23.5. The third kappa shape index (κ3) is 2.49. The molecule has 1 fully saturated rings. The topological polar surface area (TPSA) is 66.4 Å². The summed E-state index contributed by atoms with van der Waals surface area (Å²) in [6, 6.07) is 4.13. The molecule has 0 spiro atoms. The molecule has 0 saturated heterocycles. The molecule has 0 bridgehead atoms. The van der Waals surface area contributed by atoms with Crippen molar-refractivity contribution in [1.82, 2.24) is 5.32 Å². The predicted octanol–water partition coefficient (Wildman–Crippen LogP) is 3.29. The molecule has 21 heavy (non-hydrogen) atoms. The van der Waals surface area contributed by atoms with E-state index < -0.39 is 23.1 Å². The lowest BCUT2D eigenvalue weighted by Gasteiger charge is -2.10. The normalized spacial score (nSPS) is 15.9. The molecule has 3 rings (SSSR count). The Hall–Kier alpha value is -1.66. The number of benzene rings is 1. The average molecular weight is 328 g/mol. The summed E-state index contributed by atoms with van der Waals surface area (Å²) in [5, 5.41) is 12.6. The van der Waals surface area contributed by atoms with Crippen molar-refractivity contribution in [1.29, 1.82) is 0 Å². The van der Waals surface area contributed by atoms with Crippen LogP contribution >= 0.6 is 22.9 Å². The standard InChI is InChI=1S/C14H11ClFNO3S/c15-10-8-2-1-7(16)5-9(8)21-11(10)12(18)17-6-14(3-4-14)13(19)20/h1-2,5H,3-4,6H2,(H,17,18)(H,19,20). The maximum absolute atomic E-state index is 13.2. The second kappa shape index (κ2) is 4.96. The van der Waals surface area contributed by atoms with Crippen molar-refractivity contribution in [3.8, 4) is 0 Å². The van der Waals surface area contributed by atoms with Gasteiger partial charge in [-0.2, -0.15) is 0 Å². The predicted molar refractivity (Wildman–Crippen MR) is 78.4 cm³/mol. The van der Waals surface area contributed by atoms with Crippen LogP contribution in [0.3, 0.4) is 0 Å². The Kier molecular flexibility index (Phi) is 3.37. The highest BCUT2D eigenvalue weighted by atomic mass is 35.5. The zero-order valence-electron chi connectivity index (χ0n) is 10.8. The van der Waals surface area contributed by atoms with Crippen LogP contribution in [-0.2, 0) is 4.79 Å². The smallest absolute Gasteiger partial charge is 0.311 e. The van der Waals surface area contributed by atoms with E-state index in [1.807, 2.05) is 0 Å². The number of halogens is 2. The third-order valence-electron chi connectivity index (χ3n) is 3.69. The fraction of sp³-hybridized carbons (Fsp3) is 0.286. The van der Waals surface area contributed by atoms with E-state index in [4.69, 9.17) is 16.7 Å². The second-order valence-electron chi connectivity index (χ2n) is 5.15. The van der Waals surface area contributed by atoms with E-state index in [2.05, 4.69) is 5.32 Å². The number of thiophene rings is 1. The van der Waals surface area contributed by atoms with Crippen LogP contribution in [0.5, 0.6) is 0 Å². The van der Waals surface area contributed by atoms with Crippen LogP contribution in [0.15, 0.2) is 18.2 Å². The second-order valence-corrected chi connectivity index (χ2v) is 6.58. The van der Waals surface area contributed by atoms with Gasteiger partial charge in [-0.15, -0.1) is 11.3 Å². The maximum atomic E-state index is 13.2. The molecule has 1 amide bonds. The number of hydrogen-bond acceptors (Lipinski definition) is 3. The largest absolute Gasteiger partial charge is 0.481 e. The molecule has 0 atom stereocenters. The summed E-state index contributed by atoms with van der Waals surface area (Å²) in [5.74, 6) is -1.71. The SMILES string of the molecule is O=C(NCC1(C(=O)O)CC1)c1sc2cc(F)ccc2c1Cl. The number of carboxylic acids is 1. The Morgan fingerprint density at radius 1 is 1.43 bits per heavy atom. The van der Waals surface area contributed by atoms with Gasteiger partial charge in [0.1, 0.15) is 10.7 Å². The first-order valence-electron chi connectivity index (χ1n) is 6.32. The Morgan fingerprint density at radius 2 is 2.14 bits per heavy atom. The Labute approximate surface area is 128 Å². The molecule has 110 valence electrons. The van der Waals surface area contributed by atoms with Crippen LogP contribution < -0.4 is 5.32 Å². The van der Waals surface area contributed by atoms with E-state index in [-0.39, 0.29) is 16.4 Å². The van der Waals surface area contributed by atoms with Gasteiger partial charge in [0.05, 0.1) is 10.4 Å². The van der Waals surface area contributed by atoms with Gasteiger partial charge in [-0.3, -0.25) is 9.59 Å². The highest BCUT2D eigenvalue weighted by molar-refractivity contribution is 7.21. The lowest BCUT2D eigenvalue weighted by molar-refractivity contribution is -0.143. The highest BCUT2D eigenvalue weighted by Crippen LogP contribution is 2.45. The zero-order chi connectivity index (χ0) is 15.2. The minimum atomic E-state index is -0.896. The van der Waals surface area contributed by atoms with Crippen molar-refractivity contribution in [2.75, 3.05) is 6.54 Å². The van der Waals surface area contributed by atoms with Gasteiger partial charge in [-0.05, 0) is 31.0 Å². The van der Waals surface area contributed by atoms with Gasteiger partial charge < -0.3 is 10.4 Å². The summed E-state index contributed by atoms with van der Waals surface area (Å²) in [5.41, 5.74) is -0.828. The van der Waals surface area contributed by atoms with Crippen molar-refractivity contribution in [3.63, 3.8) is 0 Å². The fourth-order valence-corrected chi connectivity index (χ4v) is 3.59. The molecule has 7 heteroatoms. The van der Waals surface area contributed by atoms with Gasteiger partial charge in [-0.1, -0.05) is 11.6 Å². The maximum Gasteiger partial charge on any atom is 0.311 e. The molecule has 1 aliphatic rings. The number of aliphatic carboxylic acids is 1. The number of amides is 1. The van der Waals surface area contributed by atoms with E-state index in [0.29, 0.717) is 22.9 Å². The average Bonchev–Trinajstić information content (AvgIpc) is 3.17. The molecule has 1 saturated carbocycles. The van der Waals surface area contributed by atoms with Crippen LogP contribution in [0.1, 0.15) is 22.5 Å². The molecule has 0 unspecified atom stereocenters. The number of carbonyl (C=O) groups excluding carboxylic acids is 1. The van der Waals surface area contributed by atoms with Crippen molar-refractivity contribution in [2.45, 2.75) is 12.8 Å². The molecule has 0 radical (unpaired) electrons. The first-order chi connectivity index (χ1) is 9.93. The van der Waals surface area contributed by atoms with Crippen molar-refractivity contribution < 1.29 is 19.1 Å². The lowest BCUT2D eigenvalue weighted by atomic mass is 10.1. The number of hydrogen-bond donors (Lipinski definition) is 2. The van der Waals surface area contributed by atoms with Gasteiger partial charge in [-0.25, -0.2) is 4.39 Å². The molecular weight excluding hydrogens is 317 g/mol. The molecule has 1 heterocycles. The molecule has 1 aromatic carbocycles. The zero-order valence-corrected chi connectivity index (χ0v) is 12.4. The summed E-state index contributed by atoms with van der Waals surface area (Å²) in [7, 11) is 0. The number of nitrogens with one attached hydrogen (secondary N) is 1. The number of carbonyl (C=O) groups is 2. The van der Waals surface area contributed by atoms with Gasteiger partial charge in [0.2, 0.25) is 0 Å². The summed E-state index contributed by atoms with van der Waals surface area (Å²) >= 11 is 7.24. The van der Waals surface area contributed by atoms with E-state index in [1.165, 1.54) is 18.2 Å². The Bertz CT molecular complexity index is 754. The first-order valence-corrected chi connectivity index (χ1v) is 7.51. The van der Waals surface area contributed by atoms with Crippen LogP contribution in [0, 0.1) is 11.2 Å². The summed E-state index contributed by atoms with van der Waals surface area (Å²) in [6.07, 6.45) is 1.13. The Morgan fingerprint density at radius 3 is 2.76 bits per heavy atom. The monoisotopic (exact) mass is 327 g/mol. The molecule has 2 N–H and O–H groups in total. The van der Waals surface area contributed by atoms with Crippen LogP contribution in [0.25, 0.3) is 10.1 Å². The molecule has 2 aromatic rings. The number of fused-ring (bicyclic) bond motifs is 1. The van der Waals surface area contributed by atoms with E-state index in [0.717, 1.165) is 11.3 Å². The molecule has 1 aromatic heterocycles. The minimum Gasteiger partial charge on any atom is -0.481 e. The number of rotatable bonds is 4. The van der Waals surface area contributed by atoms with Gasteiger partial charge >= 0.3 is 5.97 Å². The first kappa shape index (κ1) is 14.3. The van der Waals surface area contributed by atoms with Crippen LogP contribution in [-0.4, -0.2) is 23.5 Å². The van der Waals surface area contributed by atoms with Crippen molar-refractivity contribution in [3.05, 3.63) is 33.9 Å². The van der Waals surface area contributed by atoms with Crippen molar-refractivity contribution in [2.24, 2.45) is 5.41 Å². The lowest BCUT2D eigenvalue weighted by Crippen LogP contribution is -2.33. The van der Waals surface area contributed by atoms with Gasteiger partial charge in [0.15, 0.2) is 0 Å². The third-order valence-corrected chi connectivity index (χ3v) is 5.35. The van der Waals surface area contributed by atoms with Crippen LogP contribution in [0.4, 0.5) is 4.39 Å². The summed E-state index contributed by atoms with van der Waals surface area (Å²) in [6.45, 7) is 0.0834. The fourth-order valence-electron chi connectivity index (χ4n) is 2.13. The Balaban J connectivity index is 1.82. The van der Waals surface area contributed by atoms with Gasteiger partial charge in [0.25, 0.3) is 5.91 Å². The molecule has 0 aliphatic heterocycles. The molecule has 4 nitrogen and oxygen atoms in total. The van der Waals surface area contributed by atoms with Crippen LogP contribution in [0.2, 0.25) is 5.02 Å². The van der Waals surface area contributed by atoms with Gasteiger partial charge in [0, 0.05) is 16.6 Å². The quantitative estimate of drug-likeness (QED) is 0.905. The summed E-state index contributed by atoms with van der Waals surface area (Å²) < 4.78 is 13.8. The van der Waals surface area contributed by atoms with E-state index in [9.17, 15) is 14.0 Å². The molecule has 1 aliphatic carbocycles. The highest BCUT2D eigenvalue weighted by Gasteiger charge is 2.50. The minimum absolute atomic E-state index is 0.0834. The molecular formula is C14H11ClFNO3S. The van der Waals surface area contributed by atoms with E-state index in [1.54, 1.807) is 0 Å². The number of carboxylic acid groups (broad SMARTS) is 1. The van der Waals surface area contributed by atoms with E-state index >= 15 is 0 Å². The van der Waals surface area contributed by atoms with Crippen molar-refractivity contribution >= 4 is 44.9 Å².